The fourth-order valence-electron chi connectivity index (χ4n) is 1.66. The fourth-order valence-corrected chi connectivity index (χ4v) is 3.74. The van der Waals surface area contributed by atoms with Crippen LogP contribution in [-0.4, -0.2) is 23.8 Å². The Balaban J connectivity index is 1.70. The first kappa shape index (κ1) is 13.8. The van der Waals surface area contributed by atoms with Crippen LogP contribution in [0.25, 0.3) is 10.2 Å². The Morgan fingerprint density at radius 3 is 2.94 bits per heavy atom. The monoisotopic (exact) mass is 280 g/mol. The Morgan fingerprint density at radius 2 is 2.17 bits per heavy atom. The lowest BCUT2D eigenvalue weighted by atomic mass is 10.2. The first-order chi connectivity index (χ1) is 8.75. The molecular weight excluding hydrogens is 260 g/mol. The van der Waals surface area contributed by atoms with Crippen LogP contribution in [0.15, 0.2) is 28.6 Å². The van der Waals surface area contributed by atoms with Crippen molar-refractivity contribution in [3.63, 3.8) is 0 Å². The molecule has 98 valence electrons. The number of nitrogens with zero attached hydrogens (tertiary/aromatic N) is 1. The molecule has 1 N–H and O–H groups in total. The number of fused-ring (bicyclic) bond motifs is 1. The van der Waals surface area contributed by atoms with Gasteiger partial charge in [0.25, 0.3) is 0 Å². The summed E-state index contributed by atoms with van der Waals surface area (Å²) in [6.07, 6.45) is 1.20. The quantitative estimate of drug-likeness (QED) is 0.612. The highest BCUT2D eigenvalue weighted by molar-refractivity contribution is 8.01. The highest BCUT2D eigenvalue weighted by atomic mass is 32.2. The van der Waals surface area contributed by atoms with Crippen molar-refractivity contribution in [1.82, 2.24) is 10.3 Å². The molecule has 1 heterocycles. The van der Waals surface area contributed by atoms with Gasteiger partial charge < -0.3 is 5.32 Å². The second kappa shape index (κ2) is 7.12. The Bertz CT molecular complexity index is 446. The maximum atomic E-state index is 4.62. The van der Waals surface area contributed by atoms with Gasteiger partial charge in [0.2, 0.25) is 0 Å². The molecule has 0 aliphatic carbocycles. The molecule has 0 fully saturated rings. The number of para-hydroxylation sites is 1. The number of hydrogen-bond donors (Lipinski definition) is 1. The Labute approximate surface area is 117 Å². The molecule has 0 aliphatic rings. The Morgan fingerprint density at radius 1 is 1.33 bits per heavy atom. The maximum absolute atomic E-state index is 4.62. The van der Waals surface area contributed by atoms with Gasteiger partial charge in [-0.05, 0) is 37.6 Å². The van der Waals surface area contributed by atoms with Crippen LogP contribution in [0.4, 0.5) is 0 Å². The van der Waals surface area contributed by atoms with E-state index in [0.717, 1.165) is 30.3 Å². The van der Waals surface area contributed by atoms with Gasteiger partial charge >= 0.3 is 0 Å². The van der Waals surface area contributed by atoms with E-state index in [0.29, 0.717) is 0 Å². The topological polar surface area (TPSA) is 24.9 Å². The van der Waals surface area contributed by atoms with Gasteiger partial charge in [-0.1, -0.05) is 37.7 Å². The van der Waals surface area contributed by atoms with E-state index < -0.39 is 0 Å². The number of thiazole rings is 1. The summed E-state index contributed by atoms with van der Waals surface area (Å²) >= 11 is 3.67. The molecule has 0 radical (unpaired) electrons. The van der Waals surface area contributed by atoms with E-state index in [-0.39, 0.29) is 0 Å². The van der Waals surface area contributed by atoms with E-state index in [1.807, 2.05) is 17.8 Å². The van der Waals surface area contributed by atoms with Crippen molar-refractivity contribution in [3.05, 3.63) is 24.3 Å². The number of thioether (sulfide) groups is 1. The summed E-state index contributed by atoms with van der Waals surface area (Å²) in [7, 11) is 0. The smallest absolute Gasteiger partial charge is 0.151 e. The van der Waals surface area contributed by atoms with Gasteiger partial charge in [-0.2, -0.15) is 0 Å². The molecule has 1 aromatic carbocycles. The van der Waals surface area contributed by atoms with Crippen LogP contribution in [0.2, 0.25) is 0 Å². The number of aromatic nitrogens is 1. The van der Waals surface area contributed by atoms with Crippen molar-refractivity contribution in [2.45, 2.75) is 24.6 Å². The minimum Gasteiger partial charge on any atom is -0.316 e. The van der Waals surface area contributed by atoms with Gasteiger partial charge in [-0.15, -0.1) is 11.3 Å². The van der Waals surface area contributed by atoms with Crippen LogP contribution in [0, 0.1) is 5.92 Å². The lowest BCUT2D eigenvalue weighted by Gasteiger charge is -2.06. The molecule has 0 atom stereocenters. The van der Waals surface area contributed by atoms with Crippen LogP contribution < -0.4 is 5.32 Å². The third-order valence-electron chi connectivity index (χ3n) is 2.55. The van der Waals surface area contributed by atoms with E-state index >= 15 is 0 Å². The summed E-state index contributed by atoms with van der Waals surface area (Å²) < 4.78 is 2.48. The molecular formula is C14H20N2S2. The van der Waals surface area contributed by atoms with E-state index in [2.05, 4.69) is 42.3 Å². The molecule has 0 saturated heterocycles. The fraction of sp³-hybridized carbons (Fsp3) is 0.500. The highest BCUT2D eigenvalue weighted by Crippen LogP contribution is 2.29. The predicted octanol–water partition coefficient (Wildman–Crippen LogP) is 4.02. The van der Waals surface area contributed by atoms with Gasteiger partial charge in [-0.25, -0.2) is 4.98 Å². The zero-order chi connectivity index (χ0) is 12.8. The molecule has 2 aromatic rings. The summed E-state index contributed by atoms with van der Waals surface area (Å²) in [5, 5.41) is 3.47. The van der Waals surface area contributed by atoms with Crippen molar-refractivity contribution in [2.75, 3.05) is 18.8 Å². The van der Waals surface area contributed by atoms with Crippen molar-refractivity contribution >= 4 is 33.3 Å². The summed E-state index contributed by atoms with van der Waals surface area (Å²) in [6.45, 7) is 6.70. The Kier molecular flexibility index (Phi) is 5.47. The third kappa shape index (κ3) is 4.26. The van der Waals surface area contributed by atoms with Crippen molar-refractivity contribution in [2.24, 2.45) is 5.92 Å². The van der Waals surface area contributed by atoms with Crippen LogP contribution >= 0.6 is 23.1 Å². The van der Waals surface area contributed by atoms with Crippen LogP contribution in [-0.2, 0) is 0 Å². The number of benzene rings is 1. The average molecular weight is 280 g/mol. The van der Waals surface area contributed by atoms with E-state index in [4.69, 9.17) is 0 Å². The van der Waals surface area contributed by atoms with Crippen LogP contribution in [0.1, 0.15) is 20.3 Å². The summed E-state index contributed by atoms with van der Waals surface area (Å²) in [5.74, 6) is 1.88. The zero-order valence-electron chi connectivity index (χ0n) is 11.0. The third-order valence-corrected chi connectivity index (χ3v) is 4.82. The molecule has 2 nitrogen and oxygen atoms in total. The molecule has 18 heavy (non-hydrogen) atoms. The zero-order valence-corrected chi connectivity index (χ0v) is 12.6. The molecule has 0 bridgehead atoms. The molecule has 0 saturated carbocycles. The second-order valence-corrected chi connectivity index (χ2v) is 7.12. The first-order valence-electron chi connectivity index (χ1n) is 6.45. The predicted molar refractivity (Wildman–Crippen MR) is 82.7 cm³/mol. The number of rotatable bonds is 7. The SMILES string of the molecule is CC(C)CNCCCSc1nc2ccccc2s1. The van der Waals surface area contributed by atoms with Crippen molar-refractivity contribution in [3.8, 4) is 0 Å². The summed E-state index contributed by atoms with van der Waals surface area (Å²) in [4.78, 5) is 4.62. The van der Waals surface area contributed by atoms with Gasteiger partial charge in [0.05, 0.1) is 10.2 Å². The van der Waals surface area contributed by atoms with E-state index in [1.165, 1.54) is 15.5 Å². The molecule has 2 rings (SSSR count). The minimum atomic E-state index is 0.738. The van der Waals surface area contributed by atoms with Crippen LogP contribution in [0.5, 0.6) is 0 Å². The van der Waals surface area contributed by atoms with Crippen molar-refractivity contribution < 1.29 is 0 Å². The molecule has 0 unspecified atom stereocenters. The summed E-state index contributed by atoms with van der Waals surface area (Å²) in [6, 6.07) is 8.35. The standard InChI is InChI=1S/C14H20N2S2/c1-11(2)10-15-8-5-9-17-14-16-12-6-3-4-7-13(12)18-14/h3-4,6-7,11,15H,5,8-10H2,1-2H3. The molecule has 4 heteroatoms. The largest absolute Gasteiger partial charge is 0.316 e. The first-order valence-corrected chi connectivity index (χ1v) is 8.25. The molecule has 0 aliphatic heterocycles. The molecule has 0 amide bonds. The van der Waals surface area contributed by atoms with Gasteiger partial charge in [-0.3, -0.25) is 0 Å². The minimum absolute atomic E-state index is 0.738. The Hall–Kier alpha value is -0.580. The molecule has 1 aromatic heterocycles. The normalized spacial score (nSPS) is 11.5. The van der Waals surface area contributed by atoms with E-state index in [9.17, 15) is 0 Å². The summed E-state index contributed by atoms with van der Waals surface area (Å²) in [5.41, 5.74) is 1.13. The highest BCUT2D eigenvalue weighted by Gasteiger charge is 2.03. The molecule has 0 spiro atoms. The van der Waals surface area contributed by atoms with Gasteiger partial charge in [0, 0.05) is 5.75 Å². The number of nitrogens with one attached hydrogen (secondary N) is 1. The maximum Gasteiger partial charge on any atom is 0.151 e. The van der Waals surface area contributed by atoms with Gasteiger partial charge in [0.1, 0.15) is 0 Å². The van der Waals surface area contributed by atoms with Crippen LogP contribution in [0.3, 0.4) is 0 Å². The number of hydrogen-bond acceptors (Lipinski definition) is 4. The average Bonchev–Trinajstić information content (AvgIpc) is 2.75. The van der Waals surface area contributed by atoms with E-state index in [1.54, 1.807) is 11.3 Å². The lowest BCUT2D eigenvalue weighted by molar-refractivity contribution is 0.552. The van der Waals surface area contributed by atoms with Crippen molar-refractivity contribution in [1.29, 1.82) is 0 Å². The second-order valence-electron chi connectivity index (χ2n) is 4.75. The van der Waals surface area contributed by atoms with Gasteiger partial charge in [0.15, 0.2) is 4.34 Å². The lowest BCUT2D eigenvalue weighted by Crippen LogP contribution is -2.21.